The third-order valence-electron chi connectivity index (χ3n) is 7.91. The summed E-state index contributed by atoms with van der Waals surface area (Å²) < 4.78 is 1.60. The SMILES string of the molecule is CCN(C)CCNC(=O)c1ccc(Nc2nc(-c3cccc(NC(=O)c4ccc(C(C)(C)C)cc4)c3C)cn(CC)c2=O)cc1. The predicted molar refractivity (Wildman–Crippen MR) is 183 cm³/mol. The van der Waals surface area contributed by atoms with Crippen molar-refractivity contribution in [3.05, 3.63) is 106 Å². The standard InChI is InChI=1S/C36H44N6O3/c1-8-41(7)22-21-37-33(43)25-15-19-28(20-16-25)38-32-35(45)42(9-2)23-31(39-32)29-11-10-12-30(24(29)3)40-34(44)26-13-17-27(18-14-26)36(4,5)6/h10-20,23H,8-9,21-22H2,1-7H3,(H,37,43)(H,38,39)(H,40,44). The lowest BCUT2D eigenvalue weighted by Gasteiger charge is -2.19. The lowest BCUT2D eigenvalue weighted by Crippen LogP contribution is -2.32. The highest BCUT2D eigenvalue weighted by Gasteiger charge is 2.17. The summed E-state index contributed by atoms with van der Waals surface area (Å²) in [6.45, 7) is 15.0. The molecule has 2 amide bonds. The fraction of sp³-hybridized carbons (Fsp3) is 0.333. The molecule has 0 unspecified atom stereocenters. The van der Waals surface area contributed by atoms with Gasteiger partial charge in [0.15, 0.2) is 5.82 Å². The Morgan fingerprint density at radius 2 is 1.56 bits per heavy atom. The summed E-state index contributed by atoms with van der Waals surface area (Å²) in [5.41, 5.74) is 5.53. The minimum absolute atomic E-state index is 0.000885. The number of aryl methyl sites for hydroxylation is 1. The molecule has 3 aromatic carbocycles. The lowest BCUT2D eigenvalue weighted by atomic mass is 9.86. The maximum absolute atomic E-state index is 13.2. The molecule has 0 saturated heterocycles. The molecule has 236 valence electrons. The van der Waals surface area contributed by atoms with Crippen molar-refractivity contribution in [3.63, 3.8) is 0 Å². The summed E-state index contributed by atoms with van der Waals surface area (Å²) in [6.07, 6.45) is 1.73. The van der Waals surface area contributed by atoms with Crippen LogP contribution < -0.4 is 21.5 Å². The number of aromatic nitrogens is 2. The van der Waals surface area contributed by atoms with Gasteiger partial charge in [-0.15, -0.1) is 0 Å². The van der Waals surface area contributed by atoms with Gasteiger partial charge in [-0.05, 0) is 86.4 Å². The molecule has 3 N–H and O–H groups in total. The molecule has 4 aromatic rings. The van der Waals surface area contributed by atoms with E-state index < -0.39 is 0 Å². The van der Waals surface area contributed by atoms with Gasteiger partial charge in [0.25, 0.3) is 17.4 Å². The predicted octanol–water partition coefficient (Wildman–Crippen LogP) is 6.21. The number of rotatable bonds is 11. The molecule has 0 aliphatic carbocycles. The smallest absolute Gasteiger partial charge is 0.293 e. The number of benzene rings is 3. The van der Waals surface area contributed by atoms with Crippen molar-refractivity contribution in [1.82, 2.24) is 19.8 Å². The molecular formula is C36H44N6O3. The van der Waals surface area contributed by atoms with E-state index in [1.807, 2.05) is 63.4 Å². The zero-order valence-corrected chi connectivity index (χ0v) is 27.3. The number of carbonyl (C=O) groups is 2. The highest BCUT2D eigenvalue weighted by Crippen LogP contribution is 2.29. The van der Waals surface area contributed by atoms with E-state index in [-0.39, 0.29) is 28.6 Å². The molecule has 0 bridgehead atoms. The zero-order chi connectivity index (χ0) is 32.7. The van der Waals surface area contributed by atoms with Crippen LogP contribution in [0, 0.1) is 6.92 Å². The summed E-state index contributed by atoms with van der Waals surface area (Å²) >= 11 is 0. The molecule has 0 aliphatic rings. The number of anilines is 3. The number of amides is 2. The van der Waals surface area contributed by atoms with E-state index >= 15 is 0 Å². The van der Waals surface area contributed by atoms with Crippen molar-refractivity contribution in [3.8, 4) is 11.3 Å². The number of nitrogens with one attached hydrogen (secondary N) is 3. The van der Waals surface area contributed by atoms with Gasteiger partial charge in [0.2, 0.25) is 0 Å². The second-order valence-electron chi connectivity index (χ2n) is 12.2. The molecule has 9 heteroatoms. The zero-order valence-electron chi connectivity index (χ0n) is 27.3. The first-order valence-electron chi connectivity index (χ1n) is 15.4. The quantitative estimate of drug-likeness (QED) is 0.187. The Bertz CT molecular complexity index is 1700. The third-order valence-corrected chi connectivity index (χ3v) is 7.91. The Morgan fingerprint density at radius 1 is 0.911 bits per heavy atom. The molecule has 45 heavy (non-hydrogen) atoms. The van der Waals surface area contributed by atoms with E-state index in [1.54, 1.807) is 35.0 Å². The average molecular weight is 609 g/mol. The van der Waals surface area contributed by atoms with Crippen LogP contribution in [0.25, 0.3) is 11.3 Å². The van der Waals surface area contributed by atoms with Gasteiger partial charge < -0.3 is 25.4 Å². The molecule has 0 radical (unpaired) electrons. The fourth-order valence-electron chi connectivity index (χ4n) is 4.81. The van der Waals surface area contributed by atoms with Gasteiger partial charge >= 0.3 is 0 Å². The van der Waals surface area contributed by atoms with E-state index in [0.717, 1.165) is 29.8 Å². The molecule has 4 rings (SSSR count). The molecular weight excluding hydrogens is 564 g/mol. The van der Waals surface area contributed by atoms with Gasteiger partial charge in [0.05, 0.1) is 5.69 Å². The topological polar surface area (TPSA) is 108 Å². The first-order chi connectivity index (χ1) is 21.4. The summed E-state index contributed by atoms with van der Waals surface area (Å²) in [5, 5.41) is 9.11. The monoisotopic (exact) mass is 608 g/mol. The van der Waals surface area contributed by atoms with Crippen molar-refractivity contribution in [1.29, 1.82) is 0 Å². The Balaban J connectivity index is 1.54. The first kappa shape index (κ1) is 33.1. The normalized spacial score (nSPS) is 11.4. The van der Waals surface area contributed by atoms with Crippen LogP contribution in [0.5, 0.6) is 0 Å². The maximum atomic E-state index is 13.2. The van der Waals surface area contributed by atoms with Crippen LogP contribution in [-0.2, 0) is 12.0 Å². The minimum atomic E-state index is -0.260. The van der Waals surface area contributed by atoms with Crippen LogP contribution in [0.4, 0.5) is 17.2 Å². The largest absolute Gasteiger partial charge is 0.351 e. The van der Waals surface area contributed by atoms with Crippen molar-refractivity contribution >= 4 is 29.0 Å². The second-order valence-corrected chi connectivity index (χ2v) is 12.2. The van der Waals surface area contributed by atoms with Gasteiger partial charge in [-0.25, -0.2) is 4.98 Å². The molecule has 0 saturated carbocycles. The maximum Gasteiger partial charge on any atom is 0.293 e. The molecule has 0 atom stereocenters. The summed E-state index contributed by atoms with van der Waals surface area (Å²) in [5.74, 6) is -0.180. The molecule has 1 heterocycles. The Labute approximate surface area is 265 Å². The van der Waals surface area contributed by atoms with Crippen LogP contribution in [0.15, 0.2) is 77.7 Å². The molecule has 0 aliphatic heterocycles. The van der Waals surface area contributed by atoms with Gasteiger partial charge in [-0.3, -0.25) is 14.4 Å². The van der Waals surface area contributed by atoms with Crippen LogP contribution >= 0.6 is 0 Å². The second kappa shape index (κ2) is 14.3. The minimum Gasteiger partial charge on any atom is -0.351 e. The number of nitrogens with zero attached hydrogens (tertiary/aromatic N) is 3. The van der Waals surface area contributed by atoms with Gasteiger partial charge in [0.1, 0.15) is 0 Å². The van der Waals surface area contributed by atoms with Crippen LogP contribution in [-0.4, -0.2) is 52.9 Å². The van der Waals surface area contributed by atoms with E-state index in [0.29, 0.717) is 41.3 Å². The fourth-order valence-corrected chi connectivity index (χ4v) is 4.81. The lowest BCUT2D eigenvalue weighted by molar-refractivity contribution is 0.0949. The van der Waals surface area contributed by atoms with Crippen LogP contribution in [0.3, 0.4) is 0 Å². The van der Waals surface area contributed by atoms with Crippen LogP contribution in [0.2, 0.25) is 0 Å². The molecule has 0 spiro atoms. The van der Waals surface area contributed by atoms with E-state index in [2.05, 4.69) is 48.5 Å². The van der Waals surface area contributed by atoms with E-state index in [9.17, 15) is 14.4 Å². The summed E-state index contributed by atoms with van der Waals surface area (Å²) in [4.78, 5) is 45.7. The van der Waals surface area contributed by atoms with Gasteiger partial charge in [-0.2, -0.15) is 0 Å². The van der Waals surface area contributed by atoms with Gasteiger partial charge in [0, 0.05) is 53.9 Å². The Hall–Kier alpha value is -4.76. The van der Waals surface area contributed by atoms with Crippen molar-refractivity contribution in [2.24, 2.45) is 0 Å². The molecule has 9 nitrogen and oxygen atoms in total. The van der Waals surface area contributed by atoms with Crippen molar-refractivity contribution < 1.29 is 9.59 Å². The summed E-state index contributed by atoms with van der Waals surface area (Å²) in [6, 6.07) is 20.3. The van der Waals surface area contributed by atoms with Crippen molar-refractivity contribution in [2.45, 2.75) is 53.5 Å². The molecule has 0 fully saturated rings. The first-order valence-corrected chi connectivity index (χ1v) is 15.4. The number of hydrogen-bond donors (Lipinski definition) is 3. The van der Waals surface area contributed by atoms with Gasteiger partial charge in [-0.1, -0.05) is 52.0 Å². The van der Waals surface area contributed by atoms with Crippen LogP contribution in [0.1, 0.15) is 66.5 Å². The summed E-state index contributed by atoms with van der Waals surface area (Å²) in [7, 11) is 2.01. The highest BCUT2D eigenvalue weighted by molar-refractivity contribution is 6.05. The third kappa shape index (κ3) is 8.25. The average Bonchev–Trinajstić information content (AvgIpc) is 3.02. The Kier molecular flexibility index (Phi) is 10.6. The number of hydrogen-bond acceptors (Lipinski definition) is 6. The Morgan fingerprint density at radius 3 is 2.18 bits per heavy atom. The van der Waals surface area contributed by atoms with Crippen molar-refractivity contribution in [2.75, 3.05) is 37.3 Å². The highest BCUT2D eigenvalue weighted by atomic mass is 16.2. The number of carbonyl (C=O) groups excluding carboxylic acids is 2. The van der Waals surface area contributed by atoms with E-state index in [4.69, 9.17) is 4.98 Å². The number of likely N-dealkylation sites (N-methyl/N-ethyl adjacent to an activating group) is 1. The van der Waals surface area contributed by atoms with E-state index in [1.165, 1.54) is 0 Å². The molecule has 1 aromatic heterocycles.